The van der Waals surface area contributed by atoms with E-state index in [1.54, 1.807) is 63.4 Å². The van der Waals surface area contributed by atoms with Crippen molar-refractivity contribution in [3.05, 3.63) is 54.7 Å². The minimum Gasteiger partial charge on any atom is -0.497 e. The lowest BCUT2D eigenvalue weighted by atomic mass is 10.0. The molecule has 17 nitrogen and oxygen atoms in total. The van der Waals surface area contributed by atoms with Gasteiger partial charge in [-0.1, -0.05) is 19.1 Å². The summed E-state index contributed by atoms with van der Waals surface area (Å²) in [5.74, 6) is -1.84. The molecule has 2 aromatic heterocycles. The predicted molar refractivity (Wildman–Crippen MR) is 242 cm³/mol. The third-order valence-corrected chi connectivity index (χ3v) is 15.0. The Balaban J connectivity index is 1.27. The van der Waals surface area contributed by atoms with Crippen LogP contribution < -0.4 is 29.6 Å². The Morgan fingerprint density at radius 2 is 1.82 bits per heavy atom. The summed E-state index contributed by atoms with van der Waals surface area (Å²) in [4.78, 5) is 68.1. The van der Waals surface area contributed by atoms with E-state index < -0.39 is 92.5 Å². The Morgan fingerprint density at radius 3 is 2.46 bits per heavy atom. The fraction of sp³-hybridized carbons (Fsp3) is 0.574. The fourth-order valence-electron chi connectivity index (χ4n) is 8.33. The largest absolute Gasteiger partial charge is 0.497 e. The van der Waals surface area contributed by atoms with Crippen LogP contribution in [0.4, 0.5) is 13.6 Å². The maximum Gasteiger partial charge on any atom is 0.408 e. The number of hydrogen-bond donors (Lipinski definition) is 3. The number of aromatic nitrogens is 2. The van der Waals surface area contributed by atoms with Crippen LogP contribution in [0.3, 0.4) is 0 Å². The molecule has 20 heteroatoms. The minimum atomic E-state index is -4.11. The van der Waals surface area contributed by atoms with Gasteiger partial charge in [-0.3, -0.25) is 24.1 Å². The molecule has 364 valence electrons. The molecule has 2 aliphatic carbocycles. The van der Waals surface area contributed by atoms with Crippen LogP contribution in [0.1, 0.15) is 93.4 Å². The van der Waals surface area contributed by atoms with Crippen LogP contribution in [-0.2, 0) is 33.9 Å². The monoisotopic (exact) mass is 954 g/mol. The number of sulfonamides is 1. The maximum atomic E-state index is 15.1. The highest BCUT2D eigenvalue weighted by Gasteiger charge is 2.63. The SMILES string of the molecule is CC[C@@H]1O[C@@H](C)CC/C=C\[C@@H]2C[C@@]2(C(=O)NS(=O)(=O)C2(C)CC2)NC(=O)[C@@H]2C[C@@H](Oc3nc(-c4ccc(OC(C)C)cn4)cc4cc(OC)ccc34)CN2C(=O)[C@H]1NC(=O)OC(C)(C)C(F)F. The van der Waals surface area contributed by atoms with E-state index in [1.165, 1.54) is 12.0 Å². The lowest BCUT2D eigenvalue weighted by Crippen LogP contribution is -2.61. The van der Waals surface area contributed by atoms with Gasteiger partial charge in [-0.2, -0.15) is 0 Å². The first-order valence-corrected chi connectivity index (χ1v) is 24.1. The number of pyridine rings is 2. The number of rotatable bonds is 13. The molecule has 4 aliphatic rings. The molecule has 0 unspecified atom stereocenters. The quantitative estimate of drug-likeness (QED) is 0.168. The van der Waals surface area contributed by atoms with E-state index in [0.717, 1.165) is 13.8 Å². The van der Waals surface area contributed by atoms with Gasteiger partial charge >= 0.3 is 6.09 Å². The Labute approximate surface area is 389 Å². The van der Waals surface area contributed by atoms with Gasteiger partial charge in [0.1, 0.15) is 35.2 Å². The van der Waals surface area contributed by atoms with E-state index >= 15 is 4.79 Å². The molecule has 2 aliphatic heterocycles. The summed E-state index contributed by atoms with van der Waals surface area (Å²) < 4.78 is 85.1. The molecule has 7 atom stereocenters. The second kappa shape index (κ2) is 19.2. The van der Waals surface area contributed by atoms with E-state index in [2.05, 4.69) is 20.3 Å². The third-order valence-electron chi connectivity index (χ3n) is 12.8. The molecule has 3 fully saturated rings. The number of amides is 4. The predicted octanol–water partition coefficient (Wildman–Crippen LogP) is 5.99. The highest BCUT2D eigenvalue weighted by atomic mass is 32.2. The first-order valence-electron chi connectivity index (χ1n) is 22.7. The van der Waals surface area contributed by atoms with Crippen LogP contribution in [-0.4, -0.2) is 120 Å². The molecule has 1 aromatic carbocycles. The Bertz CT molecular complexity index is 2500. The number of carbonyl (C=O) groups excluding carboxylic acids is 4. The Morgan fingerprint density at radius 1 is 1.09 bits per heavy atom. The van der Waals surface area contributed by atoms with Crippen molar-refractivity contribution in [1.29, 1.82) is 0 Å². The number of ether oxygens (including phenoxy) is 5. The molecule has 3 N–H and O–H groups in total. The van der Waals surface area contributed by atoms with Gasteiger partial charge in [0, 0.05) is 17.7 Å². The molecule has 3 aromatic rings. The van der Waals surface area contributed by atoms with Gasteiger partial charge in [0.25, 0.3) is 12.3 Å². The highest BCUT2D eigenvalue weighted by molar-refractivity contribution is 7.91. The summed E-state index contributed by atoms with van der Waals surface area (Å²) in [5, 5.41) is 6.56. The zero-order chi connectivity index (χ0) is 48.6. The number of allylic oxidation sites excluding steroid dienone is 1. The van der Waals surface area contributed by atoms with Crippen molar-refractivity contribution in [1.82, 2.24) is 30.2 Å². The van der Waals surface area contributed by atoms with Gasteiger partial charge in [0.05, 0.1) is 54.3 Å². The molecule has 7 rings (SSSR count). The van der Waals surface area contributed by atoms with Crippen molar-refractivity contribution in [2.75, 3.05) is 13.7 Å². The molecule has 67 heavy (non-hydrogen) atoms. The van der Waals surface area contributed by atoms with E-state index in [4.69, 9.17) is 28.7 Å². The lowest BCUT2D eigenvalue weighted by Gasteiger charge is -2.34. The van der Waals surface area contributed by atoms with Crippen LogP contribution in [0, 0.1) is 5.92 Å². The smallest absolute Gasteiger partial charge is 0.408 e. The minimum absolute atomic E-state index is 0.0766. The van der Waals surface area contributed by atoms with Gasteiger partial charge in [-0.05, 0) is 122 Å². The van der Waals surface area contributed by atoms with Crippen LogP contribution in [0.2, 0.25) is 0 Å². The molecule has 0 bridgehead atoms. The maximum absolute atomic E-state index is 15.1. The van der Waals surface area contributed by atoms with Gasteiger partial charge in [0.15, 0.2) is 5.60 Å². The highest BCUT2D eigenvalue weighted by Crippen LogP contribution is 2.48. The van der Waals surface area contributed by atoms with E-state index in [0.29, 0.717) is 59.3 Å². The zero-order valence-corrected chi connectivity index (χ0v) is 39.8. The van der Waals surface area contributed by atoms with E-state index in [-0.39, 0.29) is 37.8 Å². The molecule has 2 saturated carbocycles. The molecular weight excluding hydrogens is 895 g/mol. The van der Waals surface area contributed by atoms with Crippen molar-refractivity contribution >= 4 is 44.6 Å². The van der Waals surface area contributed by atoms with E-state index in [9.17, 15) is 31.6 Å². The Hall–Kier alpha value is -5.63. The number of alkyl carbamates (subject to hydrolysis) is 1. The average Bonchev–Trinajstić information content (AvgIpc) is 4.15. The van der Waals surface area contributed by atoms with Gasteiger partial charge in [-0.25, -0.2) is 27.0 Å². The second-order valence-corrected chi connectivity index (χ2v) is 21.1. The number of nitrogens with zero attached hydrogens (tertiary/aromatic N) is 3. The average molecular weight is 955 g/mol. The number of benzene rings is 1. The van der Waals surface area contributed by atoms with Crippen molar-refractivity contribution in [2.24, 2.45) is 5.92 Å². The first-order chi connectivity index (χ1) is 31.6. The molecule has 4 heterocycles. The summed E-state index contributed by atoms with van der Waals surface area (Å²) in [7, 11) is -2.57. The normalized spacial score (nSPS) is 26.9. The van der Waals surface area contributed by atoms with Crippen molar-refractivity contribution in [3.63, 3.8) is 0 Å². The molecule has 0 radical (unpaired) electrons. The van der Waals surface area contributed by atoms with E-state index in [1.807, 2.05) is 26.0 Å². The van der Waals surface area contributed by atoms with Gasteiger partial charge in [-0.15, -0.1) is 0 Å². The number of alkyl halides is 2. The first kappa shape index (κ1) is 49.3. The van der Waals surface area contributed by atoms with Gasteiger partial charge < -0.3 is 39.2 Å². The zero-order valence-electron chi connectivity index (χ0n) is 39.0. The standard InChI is InChI=1S/C47H60F2N6O11S/c1-9-37-38(52-44(59)66-45(5,6)42(48)49)41(57)55-25-32(65-40-33-16-14-30(62-8)20-28(33)21-35(51-40)34-17-15-31(24-50-34)63-26(2)3)22-36(55)39(56)53-47(23-29(47)13-11-10-12-27(4)64-37)43(58)54-67(60,61)46(7)18-19-46/h11,13-17,20-21,24,26-27,29,32,36-38,42H,9-10,12,18-19,22-23,25H2,1-8H3,(H,52,59)(H,53,56)(H,54,58)/b13-11-/t27-,29+,32+,36-,37-,38-,47+/m0/s1. The van der Waals surface area contributed by atoms with Crippen LogP contribution in [0.25, 0.3) is 22.2 Å². The number of hydrogen-bond acceptors (Lipinski definition) is 13. The van der Waals surface area contributed by atoms with Crippen LogP contribution in [0.15, 0.2) is 54.7 Å². The number of nitrogens with one attached hydrogen (secondary N) is 3. The van der Waals surface area contributed by atoms with Crippen LogP contribution in [0.5, 0.6) is 17.4 Å². The number of halogens is 2. The summed E-state index contributed by atoms with van der Waals surface area (Å²) in [6.45, 7) is 10.7. The Kier molecular flexibility index (Phi) is 14.1. The molecule has 0 spiro atoms. The van der Waals surface area contributed by atoms with Crippen molar-refractivity contribution < 1.29 is 60.1 Å². The lowest BCUT2D eigenvalue weighted by molar-refractivity contribution is -0.145. The molecule has 1 saturated heterocycles. The number of carbonyl (C=O) groups is 4. The second-order valence-electron chi connectivity index (χ2n) is 18.9. The van der Waals surface area contributed by atoms with Crippen LogP contribution >= 0.6 is 0 Å². The summed E-state index contributed by atoms with van der Waals surface area (Å²) in [5.41, 5.74) is -2.98. The fourth-order valence-corrected chi connectivity index (χ4v) is 9.64. The van der Waals surface area contributed by atoms with Crippen molar-refractivity contribution in [2.45, 2.75) is 152 Å². The topological polar surface area (TPSA) is 214 Å². The summed E-state index contributed by atoms with van der Waals surface area (Å²) in [6.07, 6.45) is -0.0168. The van der Waals surface area contributed by atoms with Crippen molar-refractivity contribution in [3.8, 4) is 28.8 Å². The third kappa shape index (κ3) is 10.7. The summed E-state index contributed by atoms with van der Waals surface area (Å²) in [6, 6.07) is 7.70. The number of methoxy groups -OCH3 is 1. The van der Waals surface area contributed by atoms with Gasteiger partial charge in [0.2, 0.25) is 27.7 Å². The molecule has 4 amide bonds. The molecular formula is C47H60F2N6O11S. The number of fused-ring (bicyclic) bond motifs is 3. The summed E-state index contributed by atoms with van der Waals surface area (Å²) >= 11 is 0.